The Hall–Kier alpha value is -0.630. The van der Waals surface area contributed by atoms with E-state index in [1.54, 1.807) is 0 Å². The number of hydrogen-bond acceptors (Lipinski definition) is 2. The van der Waals surface area contributed by atoms with Gasteiger partial charge in [0, 0.05) is 18.2 Å². The summed E-state index contributed by atoms with van der Waals surface area (Å²) in [6.07, 6.45) is 4.71. The third-order valence-corrected chi connectivity index (χ3v) is 2.02. The lowest BCUT2D eigenvalue weighted by Gasteiger charge is -2.01. The van der Waals surface area contributed by atoms with E-state index >= 15 is 0 Å². The van der Waals surface area contributed by atoms with Crippen LogP contribution in [0.5, 0.6) is 0 Å². The van der Waals surface area contributed by atoms with Crippen LogP contribution in [0.4, 0.5) is 0 Å². The topological polar surface area (TPSA) is 25.8 Å². The molecule has 0 spiro atoms. The maximum Gasteiger partial charge on any atom is 0.135 e. The number of hydrogen-bond donors (Lipinski definition) is 0. The Balaban J connectivity index is 2.87. The Bertz CT molecular complexity index is 261. The van der Waals surface area contributed by atoms with Crippen LogP contribution in [0.1, 0.15) is 31.7 Å². The molecular weight excluding hydrogens is 172 g/mol. The van der Waals surface area contributed by atoms with E-state index in [0.717, 1.165) is 30.7 Å². The maximum absolute atomic E-state index is 5.94. The Morgan fingerprint density at radius 3 is 2.67 bits per heavy atom. The summed E-state index contributed by atoms with van der Waals surface area (Å²) < 4.78 is 0. The molecule has 0 amide bonds. The third-order valence-electron chi connectivity index (χ3n) is 1.70. The summed E-state index contributed by atoms with van der Waals surface area (Å²) in [5.74, 6) is 0.819. The van der Waals surface area contributed by atoms with Crippen molar-refractivity contribution in [2.75, 3.05) is 0 Å². The maximum atomic E-state index is 5.94. The van der Waals surface area contributed by atoms with Crippen molar-refractivity contribution >= 4 is 11.6 Å². The highest BCUT2D eigenvalue weighted by molar-refractivity contribution is 6.30. The van der Waals surface area contributed by atoms with Crippen molar-refractivity contribution in [3.05, 3.63) is 22.7 Å². The van der Waals surface area contributed by atoms with Crippen LogP contribution in [0.15, 0.2) is 6.20 Å². The van der Waals surface area contributed by atoms with Crippen LogP contribution in [-0.4, -0.2) is 9.97 Å². The molecule has 3 heteroatoms. The second kappa shape index (κ2) is 4.41. The molecule has 0 N–H and O–H groups in total. The van der Waals surface area contributed by atoms with Gasteiger partial charge in [-0.25, -0.2) is 9.97 Å². The van der Waals surface area contributed by atoms with Crippen LogP contribution in [0, 0.1) is 0 Å². The Morgan fingerprint density at radius 2 is 2.17 bits per heavy atom. The smallest absolute Gasteiger partial charge is 0.135 e. The lowest BCUT2D eigenvalue weighted by molar-refractivity contribution is 0.868. The molecule has 0 fully saturated rings. The molecule has 0 aliphatic heterocycles. The molecule has 1 rings (SSSR count). The first-order valence-corrected chi connectivity index (χ1v) is 4.66. The van der Waals surface area contributed by atoms with E-state index in [-0.39, 0.29) is 0 Å². The van der Waals surface area contributed by atoms with Crippen molar-refractivity contribution in [2.24, 2.45) is 0 Å². The SMILES string of the molecule is CCCc1cnc(CC)nc1Cl. The summed E-state index contributed by atoms with van der Waals surface area (Å²) in [5, 5.41) is 0.615. The largest absolute Gasteiger partial charge is 0.241 e. The summed E-state index contributed by atoms with van der Waals surface area (Å²) >= 11 is 5.94. The summed E-state index contributed by atoms with van der Waals surface area (Å²) in [5.41, 5.74) is 1.05. The van der Waals surface area contributed by atoms with E-state index < -0.39 is 0 Å². The number of nitrogens with zero attached hydrogens (tertiary/aromatic N) is 2. The van der Waals surface area contributed by atoms with Gasteiger partial charge < -0.3 is 0 Å². The predicted octanol–water partition coefficient (Wildman–Crippen LogP) is 2.64. The van der Waals surface area contributed by atoms with Crippen LogP contribution in [-0.2, 0) is 12.8 Å². The molecule has 1 heterocycles. The van der Waals surface area contributed by atoms with Gasteiger partial charge in [-0.3, -0.25) is 0 Å². The molecule has 0 saturated carbocycles. The Kier molecular flexibility index (Phi) is 3.48. The van der Waals surface area contributed by atoms with E-state index in [2.05, 4.69) is 16.9 Å². The predicted molar refractivity (Wildman–Crippen MR) is 50.4 cm³/mol. The monoisotopic (exact) mass is 184 g/mol. The van der Waals surface area contributed by atoms with Crippen molar-refractivity contribution in [3.8, 4) is 0 Å². The average molecular weight is 185 g/mol. The van der Waals surface area contributed by atoms with Gasteiger partial charge in [-0.1, -0.05) is 31.9 Å². The van der Waals surface area contributed by atoms with E-state index in [4.69, 9.17) is 11.6 Å². The summed E-state index contributed by atoms with van der Waals surface area (Å²) in [6.45, 7) is 4.13. The van der Waals surface area contributed by atoms with Gasteiger partial charge in [-0.05, 0) is 6.42 Å². The second-order valence-electron chi connectivity index (χ2n) is 2.71. The molecule has 1 aromatic heterocycles. The zero-order valence-corrected chi connectivity index (χ0v) is 8.23. The van der Waals surface area contributed by atoms with Gasteiger partial charge in [-0.15, -0.1) is 0 Å². The fraction of sp³-hybridized carbons (Fsp3) is 0.556. The Labute approximate surface area is 78.0 Å². The minimum atomic E-state index is 0.615. The molecule has 66 valence electrons. The van der Waals surface area contributed by atoms with Gasteiger partial charge in [0.2, 0.25) is 0 Å². The van der Waals surface area contributed by atoms with Crippen LogP contribution < -0.4 is 0 Å². The van der Waals surface area contributed by atoms with Crippen LogP contribution in [0.2, 0.25) is 5.15 Å². The average Bonchev–Trinajstić information content (AvgIpc) is 2.09. The number of aryl methyl sites for hydroxylation is 2. The summed E-state index contributed by atoms with van der Waals surface area (Å²) in [4.78, 5) is 8.35. The lowest BCUT2D eigenvalue weighted by atomic mass is 10.2. The number of rotatable bonds is 3. The van der Waals surface area contributed by atoms with E-state index in [1.165, 1.54) is 0 Å². The van der Waals surface area contributed by atoms with E-state index in [0.29, 0.717) is 5.15 Å². The standard InChI is InChI=1S/C9H13ClN2/c1-3-5-7-6-11-8(4-2)12-9(7)10/h6H,3-5H2,1-2H3. The summed E-state index contributed by atoms with van der Waals surface area (Å²) in [6, 6.07) is 0. The van der Waals surface area contributed by atoms with Gasteiger partial charge in [0.15, 0.2) is 0 Å². The molecule has 2 nitrogen and oxygen atoms in total. The van der Waals surface area contributed by atoms with Gasteiger partial charge in [0.05, 0.1) is 0 Å². The molecule has 1 aromatic rings. The second-order valence-corrected chi connectivity index (χ2v) is 3.06. The molecule has 0 radical (unpaired) electrons. The lowest BCUT2D eigenvalue weighted by Crippen LogP contribution is -1.96. The molecule has 0 aliphatic carbocycles. The van der Waals surface area contributed by atoms with Crippen molar-refractivity contribution in [3.63, 3.8) is 0 Å². The minimum absolute atomic E-state index is 0.615. The van der Waals surface area contributed by atoms with Crippen molar-refractivity contribution in [2.45, 2.75) is 33.1 Å². The molecule has 0 saturated heterocycles. The first-order chi connectivity index (χ1) is 5.77. The molecule has 0 aromatic carbocycles. The van der Waals surface area contributed by atoms with Crippen molar-refractivity contribution in [1.82, 2.24) is 9.97 Å². The van der Waals surface area contributed by atoms with E-state index in [1.807, 2.05) is 13.1 Å². The van der Waals surface area contributed by atoms with Crippen molar-refractivity contribution in [1.29, 1.82) is 0 Å². The zero-order valence-electron chi connectivity index (χ0n) is 7.47. The fourth-order valence-electron chi connectivity index (χ4n) is 1.03. The number of halogens is 1. The van der Waals surface area contributed by atoms with E-state index in [9.17, 15) is 0 Å². The first-order valence-electron chi connectivity index (χ1n) is 4.28. The molecular formula is C9H13ClN2. The Morgan fingerprint density at radius 1 is 1.42 bits per heavy atom. The van der Waals surface area contributed by atoms with Gasteiger partial charge in [-0.2, -0.15) is 0 Å². The zero-order chi connectivity index (χ0) is 8.97. The highest BCUT2D eigenvalue weighted by Gasteiger charge is 2.02. The molecule has 0 atom stereocenters. The van der Waals surface area contributed by atoms with Gasteiger partial charge in [0.25, 0.3) is 0 Å². The molecule has 0 unspecified atom stereocenters. The van der Waals surface area contributed by atoms with Crippen LogP contribution in [0.25, 0.3) is 0 Å². The van der Waals surface area contributed by atoms with Crippen molar-refractivity contribution < 1.29 is 0 Å². The fourth-order valence-corrected chi connectivity index (χ4v) is 1.27. The summed E-state index contributed by atoms with van der Waals surface area (Å²) in [7, 11) is 0. The molecule has 0 aliphatic rings. The molecule has 0 bridgehead atoms. The number of aromatic nitrogens is 2. The quantitative estimate of drug-likeness (QED) is 0.675. The third kappa shape index (κ3) is 2.18. The molecule has 12 heavy (non-hydrogen) atoms. The normalized spacial score (nSPS) is 10.2. The van der Waals surface area contributed by atoms with Gasteiger partial charge >= 0.3 is 0 Å². The highest BCUT2D eigenvalue weighted by Crippen LogP contribution is 2.13. The van der Waals surface area contributed by atoms with Gasteiger partial charge in [0.1, 0.15) is 11.0 Å². The first kappa shape index (κ1) is 9.46. The van der Waals surface area contributed by atoms with Crippen LogP contribution in [0.3, 0.4) is 0 Å². The minimum Gasteiger partial charge on any atom is -0.241 e. The highest BCUT2D eigenvalue weighted by atomic mass is 35.5. The van der Waals surface area contributed by atoms with Crippen LogP contribution >= 0.6 is 11.6 Å².